The minimum absolute atomic E-state index is 0.0250. The Morgan fingerprint density at radius 1 is 1.43 bits per heavy atom. The Morgan fingerprint density at radius 2 is 2.19 bits per heavy atom. The zero-order valence-electron chi connectivity index (χ0n) is 13.3. The second-order valence-electron chi connectivity index (χ2n) is 5.99. The Morgan fingerprint density at radius 3 is 2.71 bits per heavy atom. The summed E-state index contributed by atoms with van der Waals surface area (Å²) in [5, 5.41) is 6.19. The minimum Gasteiger partial charge on any atom is -0.378 e. The molecule has 1 aromatic rings. The van der Waals surface area contributed by atoms with Gasteiger partial charge in [-0.05, 0) is 32.4 Å². The number of pyridine rings is 1. The molecule has 1 amide bonds. The predicted octanol–water partition coefficient (Wildman–Crippen LogP) is 2.45. The normalized spacial score (nSPS) is 23.2. The van der Waals surface area contributed by atoms with Gasteiger partial charge in [0.1, 0.15) is 5.82 Å². The van der Waals surface area contributed by atoms with E-state index in [1.54, 1.807) is 12.3 Å². The van der Waals surface area contributed by atoms with Crippen LogP contribution in [0.4, 0.5) is 5.82 Å². The van der Waals surface area contributed by atoms with E-state index in [9.17, 15) is 4.79 Å². The maximum Gasteiger partial charge on any atom is 0.253 e. The first-order chi connectivity index (χ1) is 9.98. The molecule has 2 unspecified atom stereocenters. The third kappa shape index (κ3) is 3.35. The average Bonchev–Trinajstić information content (AvgIpc) is 2.47. The van der Waals surface area contributed by atoms with Crippen LogP contribution in [0.25, 0.3) is 0 Å². The van der Waals surface area contributed by atoms with E-state index in [4.69, 9.17) is 4.74 Å². The molecule has 1 aromatic heterocycles. The van der Waals surface area contributed by atoms with Gasteiger partial charge in [-0.1, -0.05) is 13.8 Å². The van der Waals surface area contributed by atoms with Gasteiger partial charge in [-0.2, -0.15) is 0 Å². The zero-order valence-corrected chi connectivity index (χ0v) is 13.3. The second-order valence-corrected chi connectivity index (χ2v) is 5.99. The lowest BCUT2D eigenvalue weighted by atomic mass is 9.64. The number of rotatable bonds is 6. The van der Waals surface area contributed by atoms with Crippen molar-refractivity contribution in [3.63, 3.8) is 0 Å². The summed E-state index contributed by atoms with van der Waals surface area (Å²) in [6, 6.07) is 3.77. The molecule has 0 bridgehead atoms. The van der Waals surface area contributed by atoms with Gasteiger partial charge < -0.3 is 15.4 Å². The number of carbonyl (C=O) groups excluding carboxylic acids is 1. The molecule has 2 N–H and O–H groups in total. The Balaban J connectivity index is 1.93. The van der Waals surface area contributed by atoms with Crippen LogP contribution in [-0.2, 0) is 4.74 Å². The fourth-order valence-corrected chi connectivity index (χ4v) is 2.67. The molecule has 2 atom stereocenters. The van der Waals surface area contributed by atoms with Crippen LogP contribution in [0.5, 0.6) is 0 Å². The quantitative estimate of drug-likeness (QED) is 0.845. The van der Waals surface area contributed by atoms with Gasteiger partial charge in [0.15, 0.2) is 0 Å². The van der Waals surface area contributed by atoms with Crippen molar-refractivity contribution < 1.29 is 9.53 Å². The van der Waals surface area contributed by atoms with Crippen molar-refractivity contribution in [1.82, 2.24) is 10.3 Å². The van der Waals surface area contributed by atoms with E-state index >= 15 is 0 Å². The predicted molar refractivity (Wildman–Crippen MR) is 83.5 cm³/mol. The highest BCUT2D eigenvalue weighted by molar-refractivity contribution is 5.94. The number of hydrogen-bond acceptors (Lipinski definition) is 4. The fourth-order valence-electron chi connectivity index (χ4n) is 2.67. The topological polar surface area (TPSA) is 63.2 Å². The summed E-state index contributed by atoms with van der Waals surface area (Å²) in [4.78, 5) is 16.5. The molecule has 2 rings (SSSR count). The molecular weight excluding hydrogens is 266 g/mol. The van der Waals surface area contributed by atoms with Gasteiger partial charge in [0, 0.05) is 30.8 Å². The lowest BCUT2D eigenvalue weighted by molar-refractivity contribution is -0.111. The molecular formula is C16H25N3O2. The summed E-state index contributed by atoms with van der Waals surface area (Å²) >= 11 is 0. The van der Waals surface area contributed by atoms with Crippen LogP contribution in [0.3, 0.4) is 0 Å². The average molecular weight is 291 g/mol. The number of nitrogens with one attached hydrogen (secondary N) is 2. The molecule has 1 fully saturated rings. The first kappa shape index (κ1) is 15.8. The van der Waals surface area contributed by atoms with Crippen molar-refractivity contribution in [2.75, 3.05) is 18.5 Å². The van der Waals surface area contributed by atoms with Crippen LogP contribution in [0, 0.1) is 5.41 Å². The highest BCUT2D eigenvalue weighted by atomic mass is 16.5. The third-order valence-corrected chi connectivity index (χ3v) is 4.23. The second kappa shape index (κ2) is 6.43. The van der Waals surface area contributed by atoms with Crippen molar-refractivity contribution in [3.05, 3.63) is 23.9 Å². The number of nitrogens with zero attached hydrogens (tertiary/aromatic N) is 1. The largest absolute Gasteiger partial charge is 0.378 e. The number of hydrogen-bond donors (Lipinski definition) is 2. The van der Waals surface area contributed by atoms with Crippen LogP contribution in [0.2, 0.25) is 0 Å². The van der Waals surface area contributed by atoms with Crippen LogP contribution in [0.1, 0.15) is 44.5 Å². The molecule has 0 spiro atoms. The fraction of sp³-hybridized carbons (Fsp3) is 0.625. The van der Waals surface area contributed by atoms with Crippen LogP contribution in [-0.4, -0.2) is 36.2 Å². The minimum atomic E-state index is -0.0708. The number of amides is 1. The highest BCUT2D eigenvalue weighted by Gasteiger charge is 2.49. The maximum absolute atomic E-state index is 12.3. The van der Waals surface area contributed by atoms with E-state index < -0.39 is 0 Å². The van der Waals surface area contributed by atoms with Crippen molar-refractivity contribution in [1.29, 1.82) is 0 Å². The first-order valence-electron chi connectivity index (χ1n) is 7.61. The van der Waals surface area contributed by atoms with E-state index in [0.29, 0.717) is 12.2 Å². The summed E-state index contributed by atoms with van der Waals surface area (Å²) in [6.45, 7) is 9.80. The van der Waals surface area contributed by atoms with Crippen molar-refractivity contribution in [3.8, 4) is 0 Å². The SMILES string of the molecule is CCNc1ccc(C(=O)NC2CC(OCC)C2(C)C)cn1. The molecule has 1 aliphatic rings. The smallest absolute Gasteiger partial charge is 0.253 e. The monoisotopic (exact) mass is 291 g/mol. The summed E-state index contributed by atoms with van der Waals surface area (Å²) in [5.41, 5.74) is 0.565. The Hall–Kier alpha value is -1.62. The molecule has 116 valence electrons. The highest BCUT2D eigenvalue weighted by Crippen LogP contribution is 2.42. The first-order valence-corrected chi connectivity index (χ1v) is 7.61. The van der Waals surface area contributed by atoms with Crippen molar-refractivity contribution in [2.45, 2.75) is 46.3 Å². The van der Waals surface area contributed by atoms with E-state index in [2.05, 4.69) is 29.5 Å². The van der Waals surface area contributed by atoms with Gasteiger partial charge in [0.25, 0.3) is 5.91 Å². The number of carbonyl (C=O) groups is 1. The van der Waals surface area contributed by atoms with E-state index in [-0.39, 0.29) is 23.5 Å². The standard InChI is InChI=1S/C16H25N3O2/c1-5-17-14-8-7-11(10-18-14)15(20)19-12-9-13(21-6-2)16(12,3)4/h7-8,10,12-13H,5-6,9H2,1-4H3,(H,17,18)(H,19,20). The van der Waals surface area contributed by atoms with Crippen molar-refractivity contribution in [2.24, 2.45) is 5.41 Å². The van der Waals surface area contributed by atoms with Gasteiger partial charge in [0.05, 0.1) is 11.7 Å². The van der Waals surface area contributed by atoms with Crippen LogP contribution >= 0.6 is 0 Å². The molecule has 1 saturated carbocycles. The van der Waals surface area contributed by atoms with Gasteiger partial charge in [-0.25, -0.2) is 4.98 Å². The van der Waals surface area contributed by atoms with Gasteiger partial charge in [-0.15, -0.1) is 0 Å². The molecule has 1 heterocycles. The lowest BCUT2D eigenvalue weighted by Gasteiger charge is -2.51. The van der Waals surface area contributed by atoms with Crippen LogP contribution < -0.4 is 10.6 Å². The molecule has 0 aromatic carbocycles. The molecule has 0 radical (unpaired) electrons. The Labute approximate surface area is 126 Å². The Bertz CT molecular complexity index is 485. The number of anilines is 1. The van der Waals surface area contributed by atoms with Crippen molar-refractivity contribution >= 4 is 11.7 Å². The van der Waals surface area contributed by atoms with Gasteiger partial charge >= 0.3 is 0 Å². The zero-order chi connectivity index (χ0) is 15.5. The summed E-state index contributed by atoms with van der Waals surface area (Å²) in [7, 11) is 0. The Kier molecular flexibility index (Phi) is 4.83. The molecule has 5 nitrogen and oxygen atoms in total. The van der Waals surface area contributed by atoms with E-state index in [1.165, 1.54) is 0 Å². The summed E-state index contributed by atoms with van der Waals surface area (Å²) in [5.74, 6) is 0.716. The molecule has 0 saturated heterocycles. The van der Waals surface area contributed by atoms with E-state index in [1.807, 2.05) is 19.9 Å². The van der Waals surface area contributed by atoms with Gasteiger partial charge in [0.2, 0.25) is 0 Å². The van der Waals surface area contributed by atoms with Crippen LogP contribution in [0.15, 0.2) is 18.3 Å². The maximum atomic E-state index is 12.3. The molecule has 1 aliphatic carbocycles. The summed E-state index contributed by atoms with van der Waals surface area (Å²) < 4.78 is 5.68. The lowest BCUT2D eigenvalue weighted by Crippen LogP contribution is -2.62. The molecule has 0 aliphatic heterocycles. The molecule has 5 heteroatoms. The summed E-state index contributed by atoms with van der Waals surface area (Å²) in [6.07, 6.45) is 2.70. The third-order valence-electron chi connectivity index (χ3n) is 4.23. The number of ether oxygens (including phenoxy) is 1. The van der Waals surface area contributed by atoms with Gasteiger partial charge in [-0.3, -0.25) is 4.79 Å². The number of aromatic nitrogens is 1. The van der Waals surface area contributed by atoms with E-state index in [0.717, 1.165) is 18.8 Å². The molecule has 21 heavy (non-hydrogen) atoms.